The fourth-order valence-corrected chi connectivity index (χ4v) is 5.41. The van der Waals surface area contributed by atoms with Gasteiger partial charge < -0.3 is 35.6 Å². The Bertz CT molecular complexity index is 1190. The first-order chi connectivity index (χ1) is 16.1. The number of carbonyl (C=O) groups excluding carboxylic acids is 2. The number of phenolic OH excluding ortho intramolecular Hbond substituents is 2. The maximum absolute atomic E-state index is 13.3. The van der Waals surface area contributed by atoms with Gasteiger partial charge in [0.15, 0.2) is 17.9 Å². The lowest BCUT2D eigenvalue weighted by molar-refractivity contribution is -0.227. The molecule has 9 nitrogen and oxygen atoms in total. The van der Waals surface area contributed by atoms with Crippen LogP contribution in [0.1, 0.15) is 75.3 Å². The molecule has 2 aromatic rings. The van der Waals surface area contributed by atoms with E-state index in [1.54, 1.807) is 12.1 Å². The molecule has 1 aliphatic heterocycles. The van der Waals surface area contributed by atoms with E-state index in [0.29, 0.717) is 12.8 Å². The minimum absolute atomic E-state index is 0. The van der Waals surface area contributed by atoms with Crippen LogP contribution in [-0.2, 0) is 15.9 Å². The average molecular weight is 506 g/mol. The van der Waals surface area contributed by atoms with Crippen molar-refractivity contribution in [2.45, 2.75) is 62.7 Å². The number of carbonyl (C=O) groups is 2. The second kappa shape index (κ2) is 9.16. The number of fused-ring (bicyclic) bond motifs is 3. The number of benzene rings is 2. The highest BCUT2D eigenvalue weighted by atomic mass is 35.5. The molecular weight excluding hydrogens is 478 g/mol. The van der Waals surface area contributed by atoms with Crippen molar-refractivity contribution >= 4 is 24.0 Å². The van der Waals surface area contributed by atoms with Gasteiger partial charge in [0.2, 0.25) is 0 Å². The summed E-state index contributed by atoms with van der Waals surface area (Å²) in [4.78, 5) is 26.5. The highest BCUT2D eigenvalue weighted by molar-refractivity contribution is 6.30. The van der Waals surface area contributed by atoms with Gasteiger partial charge in [0.25, 0.3) is 0 Å². The number of hydrogen-bond acceptors (Lipinski definition) is 9. The van der Waals surface area contributed by atoms with Crippen LogP contribution in [0.3, 0.4) is 0 Å². The summed E-state index contributed by atoms with van der Waals surface area (Å²) in [5.74, 6) is -2.18. The molecule has 188 valence electrons. The molecule has 0 aromatic heterocycles. The molecule has 3 unspecified atom stereocenters. The highest BCUT2D eigenvalue weighted by Crippen LogP contribution is 2.51. The summed E-state index contributed by atoms with van der Waals surface area (Å²) in [7, 11) is 0. The topological polar surface area (TPSA) is 160 Å². The first-order valence-electron chi connectivity index (χ1n) is 11.3. The van der Waals surface area contributed by atoms with E-state index >= 15 is 0 Å². The second-order valence-corrected chi connectivity index (χ2v) is 9.54. The van der Waals surface area contributed by atoms with E-state index in [1.807, 2.05) is 6.92 Å². The molecule has 2 aliphatic carbocycles. The van der Waals surface area contributed by atoms with E-state index < -0.39 is 47.7 Å². The zero-order valence-corrected chi connectivity index (χ0v) is 19.9. The van der Waals surface area contributed by atoms with Gasteiger partial charge in [-0.1, -0.05) is 24.3 Å². The van der Waals surface area contributed by atoms with Gasteiger partial charge in [-0.25, -0.2) is 0 Å². The number of aromatic hydroxyl groups is 2. The smallest absolute Gasteiger partial charge is 0.198 e. The number of rotatable bonds is 3. The van der Waals surface area contributed by atoms with Gasteiger partial charge in [-0.3, -0.25) is 9.59 Å². The molecule has 1 fully saturated rings. The number of aliphatic hydroxyl groups excluding tert-OH is 1. The summed E-state index contributed by atoms with van der Waals surface area (Å²) in [6.07, 6.45) is -1.30. The van der Waals surface area contributed by atoms with Crippen LogP contribution >= 0.6 is 12.4 Å². The molecule has 0 bridgehead atoms. The van der Waals surface area contributed by atoms with Gasteiger partial charge in [-0.2, -0.15) is 0 Å². The summed E-state index contributed by atoms with van der Waals surface area (Å²) in [6, 6.07) is 6.02. The standard InChI is InChI=1S/C25H27NO8.ClH/c1-11-6-12(26)7-17(33-11)34-16-9-25(32,10-27)8-15-18(16)24(31)20-19(23(15)30)21(28)13-4-2-3-5-14(13)22(20)29;/h2-5,11-12,16-17,27,30-32H,6-10,26H2,1H3;1H/t11?,12?,16-,17?,25-;/m0./s1. The van der Waals surface area contributed by atoms with Gasteiger partial charge in [-0.15, -0.1) is 12.4 Å². The normalized spacial score (nSPS) is 29.6. The molecule has 1 saturated heterocycles. The van der Waals surface area contributed by atoms with Crippen molar-refractivity contribution in [2.75, 3.05) is 6.61 Å². The van der Waals surface area contributed by atoms with Crippen LogP contribution in [0.4, 0.5) is 0 Å². The zero-order chi connectivity index (χ0) is 24.4. The zero-order valence-electron chi connectivity index (χ0n) is 19.1. The number of halogens is 1. The Labute approximate surface area is 207 Å². The fourth-order valence-electron chi connectivity index (χ4n) is 5.41. The first kappa shape index (κ1) is 25.6. The van der Waals surface area contributed by atoms with Gasteiger partial charge in [-0.05, 0) is 13.3 Å². The highest BCUT2D eigenvalue weighted by Gasteiger charge is 2.46. The lowest BCUT2D eigenvalue weighted by Gasteiger charge is -2.41. The van der Waals surface area contributed by atoms with Crippen molar-refractivity contribution < 1.29 is 39.5 Å². The Kier molecular flexibility index (Phi) is 6.69. The third-order valence-corrected chi connectivity index (χ3v) is 6.98. The third kappa shape index (κ3) is 4.12. The monoisotopic (exact) mass is 505 g/mol. The Morgan fingerprint density at radius 3 is 2.26 bits per heavy atom. The van der Waals surface area contributed by atoms with Gasteiger partial charge in [0.1, 0.15) is 11.5 Å². The molecule has 6 N–H and O–H groups in total. The first-order valence-corrected chi connectivity index (χ1v) is 11.3. The van der Waals surface area contributed by atoms with Crippen molar-refractivity contribution in [1.29, 1.82) is 0 Å². The van der Waals surface area contributed by atoms with Crippen LogP contribution in [0.2, 0.25) is 0 Å². The van der Waals surface area contributed by atoms with Crippen LogP contribution in [0.5, 0.6) is 11.5 Å². The molecular formula is C25H28ClNO8. The van der Waals surface area contributed by atoms with Gasteiger partial charge in [0.05, 0.1) is 35.5 Å². The fraction of sp³-hybridized carbons (Fsp3) is 0.440. The number of ether oxygens (including phenoxy) is 2. The van der Waals surface area contributed by atoms with Gasteiger partial charge >= 0.3 is 0 Å². The lowest BCUT2D eigenvalue weighted by atomic mass is 9.73. The maximum Gasteiger partial charge on any atom is 0.198 e. The summed E-state index contributed by atoms with van der Waals surface area (Å²) in [6.45, 7) is 1.22. The number of phenols is 2. The number of nitrogens with two attached hydrogens (primary N) is 1. The Balaban J connectivity index is 0.00000289. The minimum atomic E-state index is -1.68. The molecule has 10 heteroatoms. The van der Waals surface area contributed by atoms with E-state index in [1.165, 1.54) is 12.1 Å². The quantitative estimate of drug-likeness (QED) is 0.335. The van der Waals surface area contributed by atoms with E-state index in [-0.39, 0.29) is 70.8 Å². The summed E-state index contributed by atoms with van der Waals surface area (Å²) in [5.41, 5.74) is 4.21. The SMILES string of the molecule is CC1CC(N)CC(O[C@H]2C[C@](O)(CO)Cc3c(O)c4c(c(O)c32)C(=O)c2ccccc2C4=O)O1.Cl. The number of ketones is 2. The Hall–Kier alpha value is -2.53. The molecule has 5 rings (SSSR count). The predicted octanol–water partition coefficient (Wildman–Crippen LogP) is 1.87. The molecule has 2 aromatic carbocycles. The van der Waals surface area contributed by atoms with E-state index in [2.05, 4.69) is 0 Å². The minimum Gasteiger partial charge on any atom is -0.507 e. The average Bonchev–Trinajstić information content (AvgIpc) is 2.79. The predicted molar refractivity (Wildman–Crippen MR) is 126 cm³/mol. The molecule has 5 atom stereocenters. The van der Waals surface area contributed by atoms with Crippen molar-refractivity contribution in [1.82, 2.24) is 0 Å². The summed E-state index contributed by atoms with van der Waals surface area (Å²) < 4.78 is 11.9. The van der Waals surface area contributed by atoms with Crippen LogP contribution in [-0.4, -0.2) is 62.6 Å². The largest absolute Gasteiger partial charge is 0.507 e. The van der Waals surface area contributed by atoms with Crippen LogP contribution in [0, 0.1) is 0 Å². The summed E-state index contributed by atoms with van der Waals surface area (Å²) in [5, 5.41) is 43.3. The Morgan fingerprint density at radius 1 is 1.09 bits per heavy atom. The molecule has 0 spiro atoms. The van der Waals surface area contributed by atoms with Crippen molar-refractivity contribution in [3.8, 4) is 11.5 Å². The molecule has 1 heterocycles. The Morgan fingerprint density at radius 2 is 1.69 bits per heavy atom. The molecule has 0 saturated carbocycles. The maximum atomic E-state index is 13.3. The molecule has 3 aliphatic rings. The van der Waals surface area contributed by atoms with Crippen LogP contribution in [0.15, 0.2) is 24.3 Å². The van der Waals surface area contributed by atoms with Crippen LogP contribution in [0.25, 0.3) is 0 Å². The third-order valence-electron chi connectivity index (χ3n) is 6.98. The van der Waals surface area contributed by atoms with Gasteiger partial charge in [0, 0.05) is 47.6 Å². The van der Waals surface area contributed by atoms with E-state index in [0.717, 1.165) is 0 Å². The lowest BCUT2D eigenvalue weighted by Crippen LogP contribution is -2.45. The molecule has 0 radical (unpaired) electrons. The van der Waals surface area contributed by atoms with Crippen molar-refractivity contribution in [2.24, 2.45) is 5.73 Å². The molecule has 0 amide bonds. The van der Waals surface area contributed by atoms with E-state index in [9.17, 15) is 30.0 Å². The number of aliphatic hydroxyl groups is 2. The van der Waals surface area contributed by atoms with Crippen molar-refractivity contribution in [3.05, 3.63) is 57.6 Å². The van der Waals surface area contributed by atoms with Crippen molar-refractivity contribution in [3.63, 3.8) is 0 Å². The summed E-state index contributed by atoms with van der Waals surface area (Å²) >= 11 is 0. The molecule has 35 heavy (non-hydrogen) atoms. The van der Waals surface area contributed by atoms with Crippen LogP contribution < -0.4 is 5.73 Å². The van der Waals surface area contributed by atoms with E-state index in [4.69, 9.17) is 15.2 Å². The number of hydrogen-bond donors (Lipinski definition) is 5. The second-order valence-electron chi connectivity index (χ2n) is 9.54.